The Kier molecular flexibility index (Phi) is 11.6. The number of phenols is 1. The van der Waals surface area contributed by atoms with Crippen molar-refractivity contribution in [2.75, 3.05) is 48.9 Å². The van der Waals surface area contributed by atoms with Crippen molar-refractivity contribution in [2.45, 2.75) is 0 Å². The number of halogens is 2. The zero-order valence-corrected chi connectivity index (χ0v) is 22.6. The first-order valence-corrected chi connectivity index (χ1v) is 11.0. The van der Waals surface area contributed by atoms with E-state index in [9.17, 15) is 19.1 Å². The van der Waals surface area contributed by atoms with Crippen LogP contribution in [0.1, 0.15) is 20.7 Å². The van der Waals surface area contributed by atoms with Crippen LogP contribution in [0.5, 0.6) is 5.75 Å². The molecule has 0 spiro atoms. The van der Waals surface area contributed by atoms with E-state index in [0.29, 0.717) is 37.7 Å². The fourth-order valence-corrected chi connectivity index (χ4v) is 3.62. The Labute approximate surface area is 235 Å². The Morgan fingerprint density at radius 1 is 0.972 bits per heavy atom. The molecule has 1 heterocycles. The van der Waals surface area contributed by atoms with Gasteiger partial charge in [0.15, 0.2) is 0 Å². The van der Waals surface area contributed by atoms with Gasteiger partial charge < -0.3 is 30.5 Å². The molecular weight excluding hydrogens is 500 g/mol. The molecule has 0 radical (unpaired) electrons. The third-order valence-corrected chi connectivity index (χ3v) is 5.43. The van der Waals surface area contributed by atoms with Crippen LogP contribution >= 0.6 is 11.6 Å². The van der Waals surface area contributed by atoms with E-state index in [-0.39, 0.29) is 57.1 Å². The smallest absolute Gasteiger partial charge is 0.857 e. The minimum Gasteiger partial charge on any atom is -0.857 e. The average molecular weight is 524 g/mol. The molecule has 1 aliphatic rings. The Morgan fingerprint density at radius 3 is 2.33 bits per heavy atom. The summed E-state index contributed by atoms with van der Waals surface area (Å²) in [6.45, 7) is 2.38. The molecule has 0 saturated carbocycles. The second-order valence-corrected chi connectivity index (χ2v) is 7.86. The third-order valence-electron chi connectivity index (χ3n) is 5.10. The normalized spacial score (nSPS) is 12.5. The number of carbonyl (C=O) groups is 2. The molecule has 3 aromatic rings. The van der Waals surface area contributed by atoms with E-state index in [0.717, 1.165) is 7.11 Å². The van der Waals surface area contributed by atoms with Gasteiger partial charge in [-0.25, -0.2) is 4.39 Å². The van der Waals surface area contributed by atoms with Gasteiger partial charge in [-0.1, -0.05) is 17.7 Å². The first-order chi connectivity index (χ1) is 16.9. The molecule has 36 heavy (non-hydrogen) atoms. The number of morpholine rings is 1. The van der Waals surface area contributed by atoms with Crippen molar-refractivity contribution in [1.29, 1.82) is 0 Å². The summed E-state index contributed by atoms with van der Waals surface area (Å²) in [5, 5.41) is 23.4. The summed E-state index contributed by atoms with van der Waals surface area (Å²) in [4.78, 5) is 27.3. The monoisotopic (exact) mass is 523 g/mol. The van der Waals surface area contributed by atoms with Crippen molar-refractivity contribution in [2.24, 2.45) is 0 Å². The van der Waals surface area contributed by atoms with E-state index < -0.39 is 17.6 Å². The van der Waals surface area contributed by atoms with E-state index in [2.05, 4.69) is 10.6 Å². The summed E-state index contributed by atoms with van der Waals surface area (Å²) in [5.41, 5.74) is 1.65. The van der Waals surface area contributed by atoms with Crippen LogP contribution in [0, 0.1) is 5.82 Å². The van der Waals surface area contributed by atoms with E-state index in [4.69, 9.17) is 21.4 Å². The molecule has 0 unspecified atom stereocenters. The topological polar surface area (TPSA) is 114 Å². The molecule has 0 atom stereocenters. The quantitative estimate of drug-likeness (QED) is 0.420. The zero-order valence-electron chi connectivity index (χ0n) is 19.9. The molecule has 0 bridgehead atoms. The van der Waals surface area contributed by atoms with Crippen LogP contribution in [0.2, 0.25) is 5.02 Å². The van der Waals surface area contributed by atoms with Gasteiger partial charge in [0.25, 0.3) is 11.8 Å². The van der Waals surface area contributed by atoms with Gasteiger partial charge in [0.1, 0.15) is 11.6 Å². The van der Waals surface area contributed by atoms with Gasteiger partial charge in [0, 0.05) is 35.6 Å². The predicted octanol–water partition coefficient (Wildman–Crippen LogP) is 0.506. The van der Waals surface area contributed by atoms with Crippen LogP contribution in [-0.2, 0) is 4.74 Å². The number of rotatable bonds is 5. The number of carbonyl (C=O) groups excluding carboxylic acids is 2. The SMILES string of the molecule is C[O-].O=C(Nc1cc(F)cc(N2CCOCC2)c1)c1ccc(Cl)c(NC(=O)c2cccc(O)c2)c1.[Na+]. The third kappa shape index (κ3) is 7.92. The largest absolute Gasteiger partial charge is 1.00 e. The summed E-state index contributed by atoms with van der Waals surface area (Å²) < 4.78 is 19.5. The average Bonchev–Trinajstić information content (AvgIpc) is 2.86. The summed E-state index contributed by atoms with van der Waals surface area (Å²) in [6.07, 6.45) is 0. The van der Waals surface area contributed by atoms with Crippen molar-refractivity contribution < 1.29 is 58.5 Å². The van der Waals surface area contributed by atoms with Gasteiger partial charge in [-0.3, -0.25) is 9.59 Å². The minimum absolute atomic E-state index is 0. The zero-order chi connectivity index (χ0) is 25.4. The standard InChI is InChI=1S/C24H21ClFN3O4.CH3O.Na/c25-21-5-4-16(11-22(21)28-24(32)15-2-1-3-20(30)10-15)23(31)27-18-12-17(26)13-19(14-18)29-6-8-33-9-7-29;1-2;/h1-5,10-14,30H,6-9H2,(H,27,31)(H,28,32);1H3;/q;-1;+1. The van der Waals surface area contributed by atoms with Gasteiger partial charge in [0.2, 0.25) is 0 Å². The van der Waals surface area contributed by atoms with Gasteiger partial charge in [0.05, 0.1) is 23.9 Å². The molecule has 11 heteroatoms. The van der Waals surface area contributed by atoms with Crippen molar-refractivity contribution in [3.05, 3.63) is 82.6 Å². The van der Waals surface area contributed by atoms with Crippen LogP contribution in [0.15, 0.2) is 60.7 Å². The first-order valence-electron chi connectivity index (χ1n) is 10.6. The number of phenolic OH excluding ortho intramolecular Hbond substituents is 1. The number of anilines is 3. The van der Waals surface area contributed by atoms with E-state index in [1.54, 1.807) is 12.1 Å². The Hall–Kier alpha value is -2.66. The first kappa shape index (κ1) is 29.6. The number of nitrogens with zero attached hydrogens (tertiary/aromatic N) is 1. The molecule has 3 aromatic carbocycles. The fourth-order valence-electron chi connectivity index (χ4n) is 3.46. The van der Waals surface area contributed by atoms with Crippen LogP contribution in [-0.4, -0.2) is 50.3 Å². The number of aromatic hydroxyl groups is 1. The molecular formula is C25H24ClFN3NaO5. The number of benzene rings is 3. The summed E-state index contributed by atoms with van der Waals surface area (Å²) >= 11 is 6.19. The second kappa shape index (κ2) is 14.2. The number of hydrogen-bond donors (Lipinski definition) is 3. The van der Waals surface area contributed by atoms with Crippen LogP contribution in [0.3, 0.4) is 0 Å². The van der Waals surface area contributed by atoms with Crippen molar-refractivity contribution in [3.8, 4) is 5.75 Å². The van der Waals surface area contributed by atoms with Crippen LogP contribution in [0.25, 0.3) is 0 Å². The van der Waals surface area contributed by atoms with Gasteiger partial charge in [-0.05, 0) is 54.6 Å². The van der Waals surface area contributed by atoms with Crippen molar-refractivity contribution in [1.82, 2.24) is 0 Å². The number of nitrogens with one attached hydrogen (secondary N) is 2. The number of ether oxygens (including phenoxy) is 1. The van der Waals surface area contributed by atoms with Gasteiger partial charge >= 0.3 is 29.6 Å². The molecule has 8 nitrogen and oxygen atoms in total. The number of amides is 2. The molecule has 2 amide bonds. The predicted molar refractivity (Wildman–Crippen MR) is 131 cm³/mol. The van der Waals surface area contributed by atoms with E-state index >= 15 is 0 Å². The summed E-state index contributed by atoms with van der Waals surface area (Å²) in [7, 11) is 0.750. The summed E-state index contributed by atoms with van der Waals surface area (Å²) in [5.74, 6) is -1.50. The Bertz CT molecular complexity index is 1210. The Morgan fingerprint density at radius 2 is 1.64 bits per heavy atom. The number of hydrogen-bond acceptors (Lipinski definition) is 6. The van der Waals surface area contributed by atoms with Crippen LogP contribution in [0.4, 0.5) is 21.5 Å². The molecule has 1 saturated heterocycles. The van der Waals surface area contributed by atoms with E-state index in [1.807, 2.05) is 4.90 Å². The van der Waals surface area contributed by atoms with Gasteiger partial charge in [-0.15, -0.1) is 0 Å². The van der Waals surface area contributed by atoms with E-state index in [1.165, 1.54) is 48.5 Å². The maximum atomic E-state index is 14.2. The fraction of sp³-hybridized carbons (Fsp3) is 0.200. The molecule has 184 valence electrons. The van der Waals surface area contributed by atoms with Crippen molar-refractivity contribution >= 4 is 40.5 Å². The molecule has 3 N–H and O–H groups in total. The maximum absolute atomic E-state index is 14.2. The summed E-state index contributed by atoms with van der Waals surface area (Å²) in [6, 6.07) is 14.6. The Balaban J connectivity index is 0.00000148. The second-order valence-electron chi connectivity index (χ2n) is 7.45. The minimum atomic E-state index is -0.495. The van der Waals surface area contributed by atoms with Crippen molar-refractivity contribution in [3.63, 3.8) is 0 Å². The molecule has 4 rings (SSSR count). The molecule has 0 aromatic heterocycles. The molecule has 0 aliphatic carbocycles. The molecule has 1 fully saturated rings. The van der Waals surface area contributed by atoms with Crippen LogP contribution < -0.4 is 50.2 Å². The van der Waals surface area contributed by atoms with Gasteiger partial charge in [-0.2, -0.15) is 7.11 Å². The molecule has 1 aliphatic heterocycles. The maximum Gasteiger partial charge on any atom is 1.00 e.